The van der Waals surface area contributed by atoms with Crippen LogP contribution in [0.2, 0.25) is 0 Å². The number of aromatic nitrogens is 1. The van der Waals surface area contributed by atoms with Gasteiger partial charge in [0.1, 0.15) is 6.26 Å². The molecule has 1 heterocycles. The smallest absolute Gasteiger partial charge is 0.127 e. The molecule has 0 aromatic carbocycles. The minimum absolute atomic E-state index is 0.668. The zero-order valence-electron chi connectivity index (χ0n) is 9.33. The molecule has 0 atom stereocenters. The van der Waals surface area contributed by atoms with Crippen LogP contribution in [-0.2, 0) is 0 Å². The van der Waals surface area contributed by atoms with Gasteiger partial charge in [0, 0.05) is 5.56 Å². The Morgan fingerprint density at radius 2 is 1.86 bits per heavy atom. The van der Waals surface area contributed by atoms with Crippen molar-refractivity contribution in [1.82, 2.24) is 5.16 Å². The fourth-order valence-electron chi connectivity index (χ4n) is 1.79. The second-order valence-electron chi connectivity index (χ2n) is 3.94. The van der Waals surface area contributed by atoms with E-state index in [1.807, 2.05) is 6.20 Å². The molecule has 2 nitrogen and oxygen atoms in total. The van der Waals surface area contributed by atoms with Crippen molar-refractivity contribution in [2.24, 2.45) is 0 Å². The summed E-state index contributed by atoms with van der Waals surface area (Å²) in [6.07, 6.45) is 11.4. The van der Waals surface area contributed by atoms with Crippen LogP contribution in [0.3, 0.4) is 0 Å². The first-order valence-electron chi connectivity index (χ1n) is 5.77. The van der Waals surface area contributed by atoms with Gasteiger partial charge in [0.25, 0.3) is 0 Å². The van der Waals surface area contributed by atoms with Crippen molar-refractivity contribution >= 4 is 0 Å². The summed E-state index contributed by atoms with van der Waals surface area (Å²) in [6, 6.07) is 0. The van der Waals surface area contributed by atoms with Gasteiger partial charge in [0.15, 0.2) is 0 Å². The second kappa shape index (κ2) is 6.63. The number of rotatable bonds is 7. The Kier molecular flexibility index (Phi) is 5.35. The quantitative estimate of drug-likeness (QED) is 0.653. The van der Waals surface area contributed by atoms with Gasteiger partial charge in [-0.1, -0.05) is 44.7 Å². The molecule has 80 valence electrons. The molecule has 1 aromatic heterocycles. The van der Waals surface area contributed by atoms with Gasteiger partial charge < -0.3 is 4.52 Å². The predicted molar refractivity (Wildman–Crippen MR) is 58.3 cm³/mol. The van der Waals surface area contributed by atoms with Gasteiger partial charge in [0.2, 0.25) is 0 Å². The normalized spacial score (nSPS) is 11.1. The summed E-state index contributed by atoms with van der Waals surface area (Å²) in [5.74, 6) is 0.668. The van der Waals surface area contributed by atoms with Crippen LogP contribution < -0.4 is 0 Å². The molecule has 0 aliphatic rings. The third-order valence-corrected chi connectivity index (χ3v) is 2.74. The number of nitrogens with zero attached hydrogens (tertiary/aromatic N) is 1. The van der Waals surface area contributed by atoms with Crippen molar-refractivity contribution in [3.8, 4) is 0 Å². The summed E-state index contributed by atoms with van der Waals surface area (Å²) in [4.78, 5) is 0. The van der Waals surface area contributed by atoms with E-state index in [4.69, 9.17) is 4.52 Å². The number of unbranched alkanes of at least 4 members (excludes halogenated alkanes) is 2. The van der Waals surface area contributed by atoms with Crippen molar-refractivity contribution in [3.63, 3.8) is 0 Å². The van der Waals surface area contributed by atoms with E-state index < -0.39 is 0 Å². The molecular weight excluding hydrogens is 174 g/mol. The van der Waals surface area contributed by atoms with Gasteiger partial charge in [0.05, 0.1) is 6.20 Å². The van der Waals surface area contributed by atoms with Crippen molar-refractivity contribution in [2.75, 3.05) is 0 Å². The van der Waals surface area contributed by atoms with E-state index in [1.165, 1.54) is 44.1 Å². The maximum atomic E-state index is 4.91. The Morgan fingerprint density at radius 1 is 1.21 bits per heavy atom. The number of hydrogen-bond acceptors (Lipinski definition) is 2. The highest BCUT2D eigenvalue weighted by molar-refractivity contribution is 5.08. The minimum atomic E-state index is 0.668. The SMILES string of the molecule is CCCCC(CCCC)c1cnoc1. The molecule has 2 heteroatoms. The third kappa shape index (κ3) is 3.52. The van der Waals surface area contributed by atoms with Gasteiger partial charge in [-0.05, 0) is 18.8 Å². The summed E-state index contributed by atoms with van der Waals surface area (Å²) in [5.41, 5.74) is 1.28. The van der Waals surface area contributed by atoms with Crippen molar-refractivity contribution < 1.29 is 4.52 Å². The van der Waals surface area contributed by atoms with E-state index in [2.05, 4.69) is 19.0 Å². The zero-order chi connectivity index (χ0) is 10.2. The van der Waals surface area contributed by atoms with E-state index >= 15 is 0 Å². The molecule has 0 radical (unpaired) electrons. The van der Waals surface area contributed by atoms with Crippen LogP contribution in [0.25, 0.3) is 0 Å². The second-order valence-corrected chi connectivity index (χ2v) is 3.94. The number of hydrogen-bond donors (Lipinski definition) is 0. The Morgan fingerprint density at radius 3 is 2.29 bits per heavy atom. The molecule has 0 amide bonds. The molecule has 0 fully saturated rings. The fourth-order valence-corrected chi connectivity index (χ4v) is 1.79. The largest absolute Gasteiger partial charge is 0.364 e. The van der Waals surface area contributed by atoms with Crippen molar-refractivity contribution in [3.05, 3.63) is 18.0 Å². The molecule has 0 aliphatic heterocycles. The van der Waals surface area contributed by atoms with Crippen molar-refractivity contribution in [1.29, 1.82) is 0 Å². The predicted octanol–water partition coefficient (Wildman–Crippen LogP) is 4.14. The molecule has 0 aliphatic carbocycles. The van der Waals surface area contributed by atoms with E-state index in [9.17, 15) is 0 Å². The van der Waals surface area contributed by atoms with Gasteiger partial charge in [-0.15, -0.1) is 0 Å². The van der Waals surface area contributed by atoms with E-state index in [-0.39, 0.29) is 0 Å². The molecule has 0 unspecified atom stereocenters. The lowest BCUT2D eigenvalue weighted by atomic mass is 9.91. The topological polar surface area (TPSA) is 26.0 Å². The van der Waals surface area contributed by atoms with Crippen LogP contribution in [-0.4, -0.2) is 5.16 Å². The summed E-state index contributed by atoms with van der Waals surface area (Å²) < 4.78 is 4.91. The van der Waals surface area contributed by atoms with Crippen LogP contribution in [0.5, 0.6) is 0 Å². The molecule has 0 N–H and O–H groups in total. The van der Waals surface area contributed by atoms with Crippen molar-refractivity contribution in [2.45, 2.75) is 58.3 Å². The van der Waals surface area contributed by atoms with Crippen LogP contribution >= 0.6 is 0 Å². The Hall–Kier alpha value is -0.790. The van der Waals surface area contributed by atoms with Gasteiger partial charge in [-0.3, -0.25) is 0 Å². The van der Waals surface area contributed by atoms with E-state index in [1.54, 1.807) is 6.26 Å². The monoisotopic (exact) mass is 195 g/mol. The first-order chi connectivity index (χ1) is 6.88. The average molecular weight is 195 g/mol. The molecule has 1 aromatic rings. The van der Waals surface area contributed by atoms with Crippen LogP contribution in [0, 0.1) is 0 Å². The Balaban J connectivity index is 2.44. The molecule has 0 saturated carbocycles. The molecular formula is C12H21NO. The molecule has 0 spiro atoms. The molecule has 14 heavy (non-hydrogen) atoms. The first kappa shape index (κ1) is 11.3. The van der Waals surface area contributed by atoms with Gasteiger partial charge in [-0.25, -0.2) is 0 Å². The average Bonchev–Trinajstić information content (AvgIpc) is 2.71. The summed E-state index contributed by atoms with van der Waals surface area (Å²) in [7, 11) is 0. The highest BCUT2D eigenvalue weighted by atomic mass is 16.5. The third-order valence-electron chi connectivity index (χ3n) is 2.74. The lowest BCUT2D eigenvalue weighted by Crippen LogP contribution is -1.97. The zero-order valence-corrected chi connectivity index (χ0v) is 9.33. The Bertz CT molecular complexity index is 210. The fraction of sp³-hybridized carbons (Fsp3) is 0.750. The maximum Gasteiger partial charge on any atom is 0.127 e. The highest BCUT2D eigenvalue weighted by Gasteiger charge is 2.12. The van der Waals surface area contributed by atoms with Crippen LogP contribution in [0.15, 0.2) is 17.0 Å². The van der Waals surface area contributed by atoms with Crippen LogP contribution in [0.4, 0.5) is 0 Å². The first-order valence-corrected chi connectivity index (χ1v) is 5.77. The minimum Gasteiger partial charge on any atom is -0.364 e. The summed E-state index contributed by atoms with van der Waals surface area (Å²) >= 11 is 0. The molecule has 0 bridgehead atoms. The molecule has 1 rings (SSSR count). The van der Waals surface area contributed by atoms with E-state index in [0.717, 1.165) is 0 Å². The maximum absolute atomic E-state index is 4.91. The summed E-state index contributed by atoms with van der Waals surface area (Å²) in [6.45, 7) is 4.48. The standard InChI is InChI=1S/C12H21NO/c1-3-5-7-11(8-6-4-2)12-9-13-14-10-12/h9-11H,3-8H2,1-2H3. The van der Waals surface area contributed by atoms with E-state index in [0.29, 0.717) is 5.92 Å². The van der Waals surface area contributed by atoms with Gasteiger partial charge in [-0.2, -0.15) is 0 Å². The lowest BCUT2D eigenvalue weighted by molar-refractivity contribution is 0.416. The summed E-state index contributed by atoms with van der Waals surface area (Å²) in [5, 5.41) is 3.78. The Labute approximate surface area is 86.7 Å². The molecule has 0 saturated heterocycles. The van der Waals surface area contributed by atoms with Gasteiger partial charge >= 0.3 is 0 Å². The lowest BCUT2D eigenvalue weighted by Gasteiger charge is -2.13. The highest BCUT2D eigenvalue weighted by Crippen LogP contribution is 2.27. The van der Waals surface area contributed by atoms with Crippen LogP contribution in [0.1, 0.15) is 63.9 Å².